The van der Waals surface area contributed by atoms with Crippen LogP contribution in [-0.4, -0.2) is 29.0 Å². The SMILES string of the molecule is CCc1nn(C)c(COC2CCNCC2)c1Cl. The number of hydrogen-bond acceptors (Lipinski definition) is 3. The number of piperidine rings is 1. The fourth-order valence-electron chi connectivity index (χ4n) is 2.14. The Labute approximate surface area is 107 Å². The molecular formula is C12H20ClN3O. The van der Waals surface area contributed by atoms with Gasteiger partial charge in [-0.1, -0.05) is 18.5 Å². The second kappa shape index (κ2) is 5.85. The van der Waals surface area contributed by atoms with E-state index >= 15 is 0 Å². The van der Waals surface area contributed by atoms with E-state index in [0.29, 0.717) is 12.7 Å². The molecule has 0 bridgehead atoms. The van der Waals surface area contributed by atoms with Crippen LogP contribution < -0.4 is 5.32 Å². The van der Waals surface area contributed by atoms with E-state index in [4.69, 9.17) is 16.3 Å². The summed E-state index contributed by atoms with van der Waals surface area (Å²) in [5.74, 6) is 0. The van der Waals surface area contributed by atoms with E-state index < -0.39 is 0 Å². The molecule has 17 heavy (non-hydrogen) atoms. The molecule has 0 spiro atoms. The largest absolute Gasteiger partial charge is 0.372 e. The van der Waals surface area contributed by atoms with Gasteiger partial charge in [0.25, 0.3) is 0 Å². The fraction of sp³-hybridized carbons (Fsp3) is 0.750. The highest BCUT2D eigenvalue weighted by molar-refractivity contribution is 6.31. The molecule has 1 aromatic rings. The number of rotatable bonds is 4. The van der Waals surface area contributed by atoms with Crippen LogP contribution in [-0.2, 0) is 24.8 Å². The topological polar surface area (TPSA) is 39.1 Å². The van der Waals surface area contributed by atoms with Gasteiger partial charge in [-0.3, -0.25) is 4.68 Å². The highest BCUT2D eigenvalue weighted by Crippen LogP contribution is 2.22. The summed E-state index contributed by atoms with van der Waals surface area (Å²) in [7, 11) is 1.92. The number of halogens is 1. The Balaban J connectivity index is 1.95. The van der Waals surface area contributed by atoms with Crippen molar-refractivity contribution >= 4 is 11.6 Å². The van der Waals surface area contributed by atoms with E-state index in [1.54, 1.807) is 0 Å². The molecule has 0 saturated carbocycles. The van der Waals surface area contributed by atoms with Gasteiger partial charge in [-0.05, 0) is 32.4 Å². The second-order valence-corrected chi connectivity index (χ2v) is 4.82. The van der Waals surface area contributed by atoms with E-state index in [1.165, 1.54) is 0 Å². The average molecular weight is 258 g/mol. The lowest BCUT2D eigenvalue weighted by atomic mass is 10.1. The summed E-state index contributed by atoms with van der Waals surface area (Å²) in [6.07, 6.45) is 3.37. The Morgan fingerprint density at radius 1 is 1.47 bits per heavy atom. The number of nitrogens with zero attached hydrogens (tertiary/aromatic N) is 2. The highest BCUT2D eigenvalue weighted by atomic mass is 35.5. The van der Waals surface area contributed by atoms with Gasteiger partial charge in [0.2, 0.25) is 0 Å². The van der Waals surface area contributed by atoms with Crippen LogP contribution >= 0.6 is 11.6 Å². The number of aryl methyl sites for hydroxylation is 2. The van der Waals surface area contributed by atoms with E-state index in [-0.39, 0.29) is 0 Å². The first-order valence-corrected chi connectivity index (χ1v) is 6.62. The summed E-state index contributed by atoms with van der Waals surface area (Å²) in [5, 5.41) is 8.48. The molecule has 0 aliphatic carbocycles. The maximum Gasteiger partial charge on any atom is 0.0903 e. The van der Waals surface area contributed by atoms with Crippen molar-refractivity contribution in [1.82, 2.24) is 15.1 Å². The van der Waals surface area contributed by atoms with Crippen molar-refractivity contribution in [1.29, 1.82) is 0 Å². The quantitative estimate of drug-likeness (QED) is 0.896. The summed E-state index contributed by atoms with van der Waals surface area (Å²) >= 11 is 6.27. The molecule has 0 atom stereocenters. The molecule has 1 aromatic heterocycles. The normalized spacial score (nSPS) is 17.6. The van der Waals surface area contributed by atoms with Crippen molar-refractivity contribution in [3.8, 4) is 0 Å². The predicted octanol–water partition coefficient (Wildman–Crippen LogP) is 1.90. The van der Waals surface area contributed by atoms with Crippen LogP contribution in [0.3, 0.4) is 0 Å². The molecule has 1 aliphatic heterocycles. The van der Waals surface area contributed by atoms with Gasteiger partial charge in [-0.25, -0.2) is 0 Å². The van der Waals surface area contributed by atoms with E-state index in [9.17, 15) is 0 Å². The smallest absolute Gasteiger partial charge is 0.0903 e. The summed E-state index contributed by atoms with van der Waals surface area (Å²) < 4.78 is 7.74. The molecule has 0 unspecified atom stereocenters. The Morgan fingerprint density at radius 3 is 2.76 bits per heavy atom. The van der Waals surface area contributed by atoms with Crippen molar-refractivity contribution in [2.45, 2.75) is 38.9 Å². The maximum atomic E-state index is 6.27. The zero-order valence-electron chi connectivity index (χ0n) is 10.5. The van der Waals surface area contributed by atoms with Crippen LogP contribution in [0.25, 0.3) is 0 Å². The zero-order chi connectivity index (χ0) is 12.3. The minimum atomic E-state index is 0.354. The third-order valence-corrected chi connectivity index (χ3v) is 3.68. The Kier molecular flexibility index (Phi) is 4.42. The molecule has 5 heteroatoms. The summed E-state index contributed by atoms with van der Waals surface area (Å²) in [6.45, 7) is 4.71. The van der Waals surface area contributed by atoms with Gasteiger partial charge >= 0.3 is 0 Å². The lowest BCUT2D eigenvalue weighted by molar-refractivity contribution is 0.0182. The van der Waals surface area contributed by atoms with Crippen LogP contribution in [0.2, 0.25) is 5.02 Å². The summed E-state index contributed by atoms with van der Waals surface area (Å²) in [4.78, 5) is 0. The summed E-state index contributed by atoms with van der Waals surface area (Å²) in [5.41, 5.74) is 1.94. The van der Waals surface area contributed by atoms with Gasteiger partial charge in [0, 0.05) is 7.05 Å². The first kappa shape index (κ1) is 12.9. The predicted molar refractivity (Wildman–Crippen MR) is 68.3 cm³/mol. The van der Waals surface area contributed by atoms with Gasteiger partial charge in [-0.15, -0.1) is 0 Å². The molecule has 2 heterocycles. The molecule has 1 aliphatic rings. The second-order valence-electron chi connectivity index (χ2n) is 4.44. The van der Waals surface area contributed by atoms with Crippen molar-refractivity contribution in [3.05, 3.63) is 16.4 Å². The Hall–Kier alpha value is -0.580. The third-order valence-electron chi connectivity index (χ3n) is 3.24. The number of hydrogen-bond donors (Lipinski definition) is 1. The van der Waals surface area contributed by atoms with Crippen LogP contribution in [0.1, 0.15) is 31.2 Å². The Bertz CT molecular complexity index is 372. The van der Waals surface area contributed by atoms with Crippen LogP contribution in [0.5, 0.6) is 0 Å². The van der Waals surface area contributed by atoms with Gasteiger partial charge < -0.3 is 10.1 Å². The molecule has 96 valence electrons. The molecule has 1 saturated heterocycles. The van der Waals surface area contributed by atoms with E-state index in [0.717, 1.165) is 48.8 Å². The van der Waals surface area contributed by atoms with E-state index in [1.807, 2.05) is 11.7 Å². The number of ether oxygens (including phenoxy) is 1. The third kappa shape index (κ3) is 3.00. The molecule has 1 N–H and O–H groups in total. The van der Waals surface area contributed by atoms with Crippen molar-refractivity contribution < 1.29 is 4.74 Å². The lowest BCUT2D eigenvalue weighted by Gasteiger charge is -2.22. The molecule has 0 amide bonds. The average Bonchev–Trinajstić information content (AvgIpc) is 2.63. The fourth-order valence-corrected chi connectivity index (χ4v) is 2.48. The standard InChI is InChI=1S/C12H20ClN3O/c1-3-10-12(13)11(16(2)15-10)8-17-9-4-6-14-7-5-9/h9,14H,3-8H2,1-2H3. The van der Waals surface area contributed by atoms with Crippen molar-refractivity contribution in [2.75, 3.05) is 13.1 Å². The molecule has 0 aromatic carbocycles. The van der Waals surface area contributed by atoms with Gasteiger partial charge in [0.15, 0.2) is 0 Å². The van der Waals surface area contributed by atoms with Gasteiger partial charge in [0.1, 0.15) is 0 Å². The van der Waals surface area contributed by atoms with Gasteiger partial charge in [-0.2, -0.15) is 5.10 Å². The van der Waals surface area contributed by atoms with Crippen LogP contribution in [0.4, 0.5) is 0 Å². The first-order valence-electron chi connectivity index (χ1n) is 6.25. The zero-order valence-corrected chi connectivity index (χ0v) is 11.3. The first-order chi connectivity index (χ1) is 8.22. The minimum Gasteiger partial charge on any atom is -0.372 e. The maximum absolute atomic E-state index is 6.27. The number of nitrogens with one attached hydrogen (secondary N) is 1. The van der Waals surface area contributed by atoms with Gasteiger partial charge in [0.05, 0.1) is 29.1 Å². The molecule has 2 rings (SSSR count). The van der Waals surface area contributed by atoms with Crippen LogP contribution in [0, 0.1) is 0 Å². The van der Waals surface area contributed by atoms with Crippen molar-refractivity contribution in [3.63, 3.8) is 0 Å². The molecule has 4 nitrogen and oxygen atoms in total. The molecule has 0 radical (unpaired) electrons. The van der Waals surface area contributed by atoms with E-state index in [2.05, 4.69) is 17.3 Å². The summed E-state index contributed by atoms with van der Waals surface area (Å²) in [6, 6.07) is 0. The molecule has 1 fully saturated rings. The van der Waals surface area contributed by atoms with Crippen molar-refractivity contribution in [2.24, 2.45) is 7.05 Å². The number of aromatic nitrogens is 2. The Morgan fingerprint density at radius 2 is 2.18 bits per heavy atom. The monoisotopic (exact) mass is 257 g/mol. The molecular weight excluding hydrogens is 238 g/mol. The highest BCUT2D eigenvalue weighted by Gasteiger charge is 2.17. The van der Waals surface area contributed by atoms with Crippen LogP contribution in [0.15, 0.2) is 0 Å². The minimum absolute atomic E-state index is 0.354. The lowest BCUT2D eigenvalue weighted by Crippen LogP contribution is -2.32.